The van der Waals surface area contributed by atoms with Crippen LogP contribution >= 0.6 is 11.3 Å². The smallest absolute Gasteiger partial charge is 0.265 e. The average Bonchev–Trinajstić information content (AvgIpc) is 3.14. The Balaban J connectivity index is 1.41. The first-order valence-electron chi connectivity index (χ1n) is 10.2. The molecule has 0 radical (unpaired) electrons. The average molecular weight is 472 g/mol. The standard InChI is InChI=1S/C23H22FN3O3S2/c24-17-7-5-16(6-8-17)20-13-14-21(31-20)23(28)26-18-9-11-19(12-10-18)32(29,30)27-22-4-2-1-3-15-25-22/h5-14H,1-4,15H2,(H,25,27)(H,26,28). The summed E-state index contributed by atoms with van der Waals surface area (Å²) in [7, 11) is -3.72. The lowest BCUT2D eigenvalue weighted by molar-refractivity contribution is 0.103. The summed E-state index contributed by atoms with van der Waals surface area (Å²) in [4.78, 5) is 18.3. The molecule has 2 heterocycles. The molecule has 2 aromatic carbocycles. The van der Waals surface area contributed by atoms with Gasteiger partial charge in [-0.25, -0.2) is 12.8 Å². The lowest BCUT2D eigenvalue weighted by Crippen LogP contribution is -2.30. The third-order valence-corrected chi connectivity index (χ3v) is 7.54. The molecule has 0 bridgehead atoms. The second-order valence-electron chi connectivity index (χ2n) is 7.39. The van der Waals surface area contributed by atoms with Gasteiger partial charge in [0.2, 0.25) is 0 Å². The van der Waals surface area contributed by atoms with Gasteiger partial charge in [-0.3, -0.25) is 14.5 Å². The van der Waals surface area contributed by atoms with Crippen LogP contribution in [0.1, 0.15) is 35.4 Å². The first-order chi connectivity index (χ1) is 15.4. The number of anilines is 1. The Morgan fingerprint density at radius 1 is 0.938 bits per heavy atom. The quantitative estimate of drug-likeness (QED) is 0.545. The minimum Gasteiger partial charge on any atom is -0.321 e. The van der Waals surface area contributed by atoms with Gasteiger partial charge in [-0.1, -0.05) is 18.6 Å². The normalized spacial score (nSPS) is 14.3. The van der Waals surface area contributed by atoms with Crippen molar-refractivity contribution >= 4 is 38.8 Å². The fourth-order valence-electron chi connectivity index (χ4n) is 3.31. The van der Waals surface area contributed by atoms with Crippen LogP contribution in [0.15, 0.2) is 70.6 Å². The Bertz CT molecular complexity index is 1230. The van der Waals surface area contributed by atoms with Crippen LogP contribution in [0.2, 0.25) is 0 Å². The van der Waals surface area contributed by atoms with Gasteiger partial charge in [0.05, 0.1) is 9.77 Å². The van der Waals surface area contributed by atoms with E-state index in [0.29, 0.717) is 29.4 Å². The first kappa shape index (κ1) is 22.2. The van der Waals surface area contributed by atoms with E-state index in [1.165, 1.54) is 35.6 Å². The lowest BCUT2D eigenvalue weighted by atomic mass is 10.2. The van der Waals surface area contributed by atoms with Crippen molar-refractivity contribution in [2.24, 2.45) is 4.99 Å². The van der Waals surface area contributed by atoms with Gasteiger partial charge in [-0.15, -0.1) is 11.3 Å². The van der Waals surface area contributed by atoms with Crippen LogP contribution in [0.4, 0.5) is 10.1 Å². The van der Waals surface area contributed by atoms with Crippen molar-refractivity contribution in [1.29, 1.82) is 0 Å². The number of rotatable bonds is 5. The predicted molar refractivity (Wildman–Crippen MR) is 125 cm³/mol. The Morgan fingerprint density at radius 3 is 2.44 bits per heavy atom. The second-order valence-corrected chi connectivity index (χ2v) is 10.2. The molecule has 0 fully saturated rings. The Kier molecular flexibility index (Phi) is 6.66. The van der Waals surface area contributed by atoms with Crippen molar-refractivity contribution in [2.75, 3.05) is 11.9 Å². The van der Waals surface area contributed by atoms with E-state index < -0.39 is 10.0 Å². The molecule has 3 aromatic rings. The third kappa shape index (κ3) is 5.41. The minimum atomic E-state index is -3.72. The molecular weight excluding hydrogens is 449 g/mol. The van der Waals surface area contributed by atoms with Gasteiger partial charge in [0.1, 0.15) is 11.7 Å². The summed E-state index contributed by atoms with van der Waals surface area (Å²) in [5.74, 6) is -0.120. The van der Waals surface area contributed by atoms with Crippen molar-refractivity contribution in [1.82, 2.24) is 4.72 Å². The summed E-state index contributed by atoms with van der Waals surface area (Å²) in [6.07, 6.45) is 3.54. The van der Waals surface area contributed by atoms with E-state index in [9.17, 15) is 17.6 Å². The van der Waals surface area contributed by atoms with E-state index >= 15 is 0 Å². The SMILES string of the molecule is O=C(Nc1ccc(S(=O)(=O)NC2=NCCCCC2)cc1)c1ccc(-c2ccc(F)cc2)s1. The maximum absolute atomic E-state index is 13.1. The molecule has 0 atom stereocenters. The number of hydrogen-bond donors (Lipinski definition) is 2. The number of amides is 1. The van der Waals surface area contributed by atoms with Gasteiger partial charge >= 0.3 is 0 Å². The number of carbonyl (C=O) groups is 1. The molecule has 0 unspecified atom stereocenters. The van der Waals surface area contributed by atoms with Crippen LogP contribution in [0.5, 0.6) is 0 Å². The highest BCUT2D eigenvalue weighted by Gasteiger charge is 2.18. The van der Waals surface area contributed by atoms with Crippen LogP contribution in [-0.4, -0.2) is 26.7 Å². The van der Waals surface area contributed by atoms with Gasteiger partial charge < -0.3 is 5.32 Å². The number of nitrogens with one attached hydrogen (secondary N) is 2. The summed E-state index contributed by atoms with van der Waals surface area (Å²) in [6, 6.07) is 15.6. The molecule has 166 valence electrons. The molecular formula is C23H22FN3O3S2. The van der Waals surface area contributed by atoms with Crippen molar-refractivity contribution in [2.45, 2.75) is 30.6 Å². The van der Waals surface area contributed by atoms with E-state index in [-0.39, 0.29) is 16.6 Å². The van der Waals surface area contributed by atoms with Gasteiger partial charge in [0.15, 0.2) is 0 Å². The molecule has 0 aliphatic carbocycles. The van der Waals surface area contributed by atoms with Crippen molar-refractivity contribution < 1.29 is 17.6 Å². The van der Waals surface area contributed by atoms with E-state index in [2.05, 4.69) is 15.0 Å². The molecule has 1 aliphatic rings. The Morgan fingerprint density at radius 2 is 1.69 bits per heavy atom. The van der Waals surface area contributed by atoms with Crippen LogP contribution in [-0.2, 0) is 10.0 Å². The molecule has 0 spiro atoms. The van der Waals surface area contributed by atoms with Crippen molar-refractivity contribution in [3.05, 3.63) is 71.4 Å². The molecule has 6 nitrogen and oxygen atoms in total. The molecule has 4 rings (SSSR count). The van der Waals surface area contributed by atoms with E-state index in [1.54, 1.807) is 30.3 Å². The molecule has 0 saturated heterocycles. The first-order valence-corrected chi connectivity index (χ1v) is 12.5. The zero-order valence-corrected chi connectivity index (χ0v) is 18.8. The highest BCUT2D eigenvalue weighted by atomic mass is 32.2. The van der Waals surface area contributed by atoms with Gasteiger partial charge in [0, 0.05) is 23.5 Å². The number of halogens is 1. The number of benzene rings is 2. The van der Waals surface area contributed by atoms with Crippen molar-refractivity contribution in [3.63, 3.8) is 0 Å². The lowest BCUT2D eigenvalue weighted by Gasteiger charge is -2.10. The summed E-state index contributed by atoms with van der Waals surface area (Å²) in [5, 5.41) is 2.77. The fraction of sp³-hybridized carbons (Fsp3) is 0.217. The third-order valence-electron chi connectivity index (χ3n) is 5.01. The fourth-order valence-corrected chi connectivity index (χ4v) is 5.31. The number of thiophene rings is 1. The molecule has 9 heteroatoms. The number of hydrogen-bond acceptors (Lipinski definition) is 5. The van der Waals surface area contributed by atoms with Crippen LogP contribution < -0.4 is 10.0 Å². The zero-order chi connectivity index (χ0) is 22.6. The monoisotopic (exact) mass is 471 g/mol. The van der Waals surface area contributed by atoms with E-state index in [0.717, 1.165) is 29.7 Å². The minimum absolute atomic E-state index is 0.108. The highest BCUT2D eigenvalue weighted by molar-refractivity contribution is 7.90. The van der Waals surface area contributed by atoms with Crippen LogP contribution in [0.25, 0.3) is 10.4 Å². The number of carbonyl (C=O) groups excluding carboxylic acids is 1. The maximum atomic E-state index is 13.1. The molecule has 1 aliphatic heterocycles. The van der Waals surface area contributed by atoms with E-state index in [4.69, 9.17) is 0 Å². The van der Waals surface area contributed by atoms with Gasteiger partial charge in [0.25, 0.3) is 15.9 Å². The maximum Gasteiger partial charge on any atom is 0.265 e. The topological polar surface area (TPSA) is 87.6 Å². The number of nitrogens with zero attached hydrogens (tertiary/aromatic N) is 1. The largest absolute Gasteiger partial charge is 0.321 e. The number of sulfonamides is 1. The van der Waals surface area contributed by atoms with Crippen LogP contribution in [0, 0.1) is 5.82 Å². The molecule has 0 saturated carbocycles. The molecule has 1 amide bonds. The summed E-state index contributed by atoms with van der Waals surface area (Å²) < 4.78 is 40.9. The van der Waals surface area contributed by atoms with Gasteiger partial charge in [-0.05, 0) is 66.9 Å². The predicted octanol–water partition coefficient (Wildman–Crippen LogP) is 5.06. The highest BCUT2D eigenvalue weighted by Crippen LogP contribution is 2.29. The number of amidine groups is 1. The molecule has 2 N–H and O–H groups in total. The van der Waals surface area contributed by atoms with Crippen LogP contribution in [0.3, 0.4) is 0 Å². The summed E-state index contributed by atoms with van der Waals surface area (Å²) in [5.41, 5.74) is 1.31. The Hall–Kier alpha value is -3.04. The summed E-state index contributed by atoms with van der Waals surface area (Å²) in [6.45, 7) is 0.633. The van der Waals surface area contributed by atoms with E-state index in [1.807, 2.05) is 6.07 Å². The zero-order valence-electron chi connectivity index (χ0n) is 17.2. The number of aliphatic imine (C=N–C) groups is 1. The molecule has 1 aromatic heterocycles. The van der Waals surface area contributed by atoms with Crippen molar-refractivity contribution in [3.8, 4) is 10.4 Å². The van der Waals surface area contributed by atoms with Gasteiger partial charge in [-0.2, -0.15) is 0 Å². The summed E-state index contributed by atoms with van der Waals surface area (Å²) >= 11 is 1.29. The molecule has 32 heavy (non-hydrogen) atoms. The Labute approximate surface area is 190 Å². The second kappa shape index (κ2) is 9.62.